The van der Waals surface area contributed by atoms with Crippen LogP contribution in [0.5, 0.6) is 0 Å². The minimum absolute atomic E-state index is 0.102. The summed E-state index contributed by atoms with van der Waals surface area (Å²) in [4.78, 5) is 14.8. The molecule has 1 unspecified atom stereocenters. The Balaban J connectivity index is 2.22. The molecule has 0 N–H and O–H groups in total. The van der Waals surface area contributed by atoms with Crippen molar-refractivity contribution >= 4 is 33.6 Å². The van der Waals surface area contributed by atoms with Gasteiger partial charge in [0.25, 0.3) is 5.91 Å². The zero-order valence-electron chi connectivity index (χ0n) is 11.9. The van der Waals surface area contributed by atoms with Crippen LogP contribution in [0.1, 0.15) is 22.3 Å². The number of hydrogen-bond donors (Lipinski definition) is 0. The lowest BCUT2D eigenvalue weighted by Crippen LogP contribution is -2.42. The van der Waals surface area contributed by atoms with Crippen molar-refractivity contribution in [2.24, 2.45) is 0 Å². The molecule has 3 nitrogen and oxygen atoms in total. The number of rotatable bonds is 5. The van der Waals surface area contributed by atoms with Crippen molar-refractivity contribution in [1.82, 2.24) is 4.90 Å². The highest BCUT2D eigenvalue weighted by Crippen LogP contribution is 2.27. The van der Waals surface area contributed by atoms with Gasteiger partial charge < -0.3 is 9.64 Å². The smallest absolute Gasteiger partial charge is 0.255 e. The van der Waals surface area contributed by atoms with Crippen molar-refractivity contribution in [1.29, 1.82) is 0 Å². The molecule has 1 aliphatic heterocycles. The molecule has 2 rings (SSSR count). The van der Waals surface area contributed by atoms with Crippen LogP contribution in [0.4, 0.5) is 0 Å². The summed E-state index contributed by atoms with van der Waals surface area (Å²) in [7, 11) is 1.68. The molecule has 0 radical (unpaired) electrons. The number of nitrogens with zero attached hydrogens (tertiary/aromatic N) is 1. The minimum Gasteiger partial charge on any atom is -0.383 e. The average Bonchev–Trinajstić information content (AvgIpc) is 2.96. The standard InChI is InChI=1S/C15H20BrNO2S/c1-11-4-3-5-13(14(11)16)15(18)17(7-8-19-2)12-6-9-20-10-12/h3-5,12H,6-10H2,1-2H3. The molecule has 0 bridgehead atoms. The minimum atomic E-state index is 0.102. The largest absolute Gasteiger partial charge is 0.383 e. The quantitative estimate of drug-likeness (QED) is 0.809. The molecule has 0 aromatic heterocycles. The van der Waals surface area contributed by atoms with Gasteiger partial charge in [-0.3, -0.25) is 4.79 Å². The Kier molecular flexibility index (Phi) is 5.93. The molecule has 1 aromatic rings. The third-order valence-corrected chi connectivity index (χ3v) is 5.76. The Bertz CT molecular complexity index is 475. The molecule has 1 fully saturated rings. The molecule has 1 saturated heterocycles. The normalized spacial score (nSPS) is 18.2. The van der Waals surface area contributed by atoms with E-state index in [1.54, 1.807) is 7.11 Å². The number of aryl methyl sites for hydroxylation is 1. The van der Waals surface area contributed by atoms with Crippen molar-refractivity contribution in [2.45, 2.75) is 19.4 Å². The highest BCUT2D eigenvalue weighted by molar-refractivity contribution is 9.10. The number of amides is 1. The number of hydrogen-bond acceptors (Lipinski definition) is 3. The third kappa shape index (κ3) is 3.57. The van der Waals surface area contributed by atoms with Gasteiger partial charge in [0.15, 0.2) is 0 Å². The van der Waals surface area contributed by atoms with Gasteiger partial charge in [0.05, 0.1) is 12.2 Å². The van der Waals surface area contributed by atoms with E-state index in [1.165, 1.54) is 0 Å². The van der Waals surface area contributed by atoms with Crippen LogP contribution in [-0.4, -0.2) is 48.6 Å². The molecule has 0 aliphatic carbocycles. The van der Waals surface area contributed by atoms with Crippen molar-refractivity contribution in [2.75, 3.05) is 31.8 Å². The summed E-state index contributed by atoms with van der Waals surface area (Å²) in [6.07, 6.45) is 1.07. The molecule has 0 saturated carbocycles. The van der Waals surface area contributed by atoms with Crippen LogP contribution in [0.2, 0.25) is 0 Å². The first kappa shape index (κ1) is 15.9. The second-order valence-corrected chi connectivity index (χ2v) is 6.89. The predicted octanol–water partition coefficient (Wildman–Crippen LogP) is 3.35. The molecule has 5 heteroatoms. The lowest BCUT2D eigenvalue weighted by molar-refractivity contribution is 0.0623. The van der Waals surface area contributed by atoms with E-state index in [0.29, 0.717) is 19.2 Å². The number of carbonyl (C=O) groups excluding carboxylic acids is 1. The molecular formula is C15H20BrNO2S. The number of benzene rings is 1. The Morgan fingerprint density at radius 1 is 1.55 bits per heavy atom. The molecule has 20 heavy (non-hydrogen) atoms. The second kappa shape index (κ2) is 7.48. The highest BCUT2D eigenvalue weighted by Gasteiger charge is 2.28. The molecule has 0 spiro atoms. The summed E-state index contributed by atoms with van der Waals surface area (Å²) in [5, 5.41) is 0. The van der Waals surface area contributed by atoms with Crippen LogP contribution < -0.4 is 0 Å². The maximum atomic E-state index is 12.8. The monoisotopic (exact) mass is 357 g/mol. The van der Waals surface area contributed by atoms with E-state index in [4.69, 9.17) is 4.74 Å². The van der Waals surface area contributed by atoms with Crippen LogP contribution >= 0.6 is 27.7 Å². The van der Waals surface area contributed by atoms with Gasteiger partial charge in [-0.15, -0.1) is 0 Å². The lowest BCUT2D eigenvalue weighted by atomic mass is 10.1. The zero-order chi connectivity index (χ0) is 14.5. The van der Waals surface area contributed by atoms with E-state index >= 15 is 0 Å². The third-order valence-electron chi connectivity index (χ3n) is 3.57. The lowest BCUT2D eigenvalue weighted by Gasteiger charge is -2.29. The van der Waals surface area contributed by atoms with Crippen LogP contribution in [-0.2, 0) is 4.74 Å². The zero-order valence-corrected chi connectivity index (χ0v) is 14.3. The molecule has 1 heterocycles. The highest BCUT2D eigenvalue weighted by atomic mass is 79.9. The number of carbonyl (C=O) groups is 1. The fourth-order valence-electron chi connectivity index (χ4n) is 2.37. The van der Waals surface area contributed by atoms with E-state index in [2.05, 4.69) is 15.9 Å². The van der Waals surface area contributed by atoms with Crippen LogP contribution in [0.25, 0.3) is 0 Å². The fourth-order valence-corrected chi connectivity index (χ4v) is 4.03. The summed E-state index contributed by atoms with van der Waals surface area (Å²) < 4.78 is 6.06. The average molecular weight is 358 g/mol. The first-order valence-electron chi connectivity index (χ1n) is 6.78. The first-order valence-corrected chi connectivity index (χ1v) is 8.72. The van der Waals surface area contributed by atoms with Gasteiger partial charge in [-0.25, -0.2) is 0 Å². The van der Waals surface area contributed by atoms with E-state index in [1.807, 2.05) is 41.8 Å². The Hall–Kier alpha value is -0.520. The number of methoxy groups -OCH3 is 1. The van der Waals surface area contributed by atoms with Gasteiger partial charge in [-0.2, -0.15) is 11.8 Å². The predicted molar refractivity (Wildman–Crippen MR) is 87.5 cm³/mol. The summed E-state index contributed by atoms with van der Waals surface area (Å²) in [6.45, 7) is 3.24. The Morgan fingerprint density at radius 3 is 3.00 bits per heavy atom. The second-order valence-electron chi connectivity index (χ2n) is 4.95. The summed E-state index contributed by atoms with van der Waals surface area (Å²) >= 11 is 5.46. The van der Waals surface area contributed by atoms with E-state index < -0.39 is 0 Å². The topological polar surface area (TPSA) is 29.5 Å². The van der Waals surface area contributed by atoms with Crippen molar-refractivity contribution in [3.8, 4) is 0 Å². The number of halogens is 1. The first-order chi connectivity index (χ1) is 9.65. The van der Waals surface area contributed by atoms with Crippen LogP contribution in [0.15, 0.2) is 22.7 Å². The maximum Gasteiger partial charge on any atom is 0.255 e. The van der Waals surface area contributed by atoms with Crippen LogP contribution in [0.3, 0.4) is 0 Å². The van der Waals surface area contributed by atoms with Crippen molar-refractivity contribution < 1.29 is 9.53 Å². The van der Waals surface area contributed by atoms with Gasteiger partial charge in [0, 0.05) is 29.9 Å². The van der Waals surface area contributed by atoms with E-state index in [9.17, 15) is 4.79 Å². The van der Waals surface area contributed by atoms with E-state index in [-0.39, 0.29) is 5.91 Å². The summed E-state index contributed by atoms with van der Waals surface area (Å²) in [6, 6.07) is 6.16. The Labute approximate surface area is 133 Å². The summed E-state index contributed by atoms with van der Waals surface area (Å²) in [5.41, 5.74) is 1.83. The van der Waals surface area contributed by atoms with E-state index in [0.717, 1.165) is 33.5 Å². The molecule has 110 valence electrons. The molecular weight excluding hydrogens is 338 g/mol. The van der Waals surface area contributed by atoms with Gasteiger partial charge in [0.2, 0.25) is 0 Å². The number of ether oxygens (including phenoxy) is 1. The SMILES string of the molecule is COCCN(C(=O)c1cccc(C)c1Br)C1CCSC1. The van der Waals surface area contributed by atoms with Gasteiger partial charge in [-0.05, 0) is 46.7 Å². The van der Waals surface area contributed by atoms with Gasteiger partial charge >= 0.3 is 0 Å². The fraction of sp³-hybridized carbons (Fsp3) is 0.533. The number of thioether (sulfide) groups is 1. The Morgan fingerprint density at radius 2 is 2.35 bits per heavy atom. The molecule has 1 aromatic carbocycles. The maximum absolute atomic E-state index is 12.8. The molecule has 1 aliphatic rings. The van der Waals surface area contributed by atoms with Gasteiger partial charge in [-0.1, -0.05) is 12.1 Å². The van der Waals surface area contributed by atoms with Gasteiger partial charge in [0.1, 0.15) is 0 Å². The summed E-state index contributed by atoms with van der Waals surface area (Å²) in [5.74, 6) is 2.26. The van der Waals surface area contributed by atoms with Crippen molar-refractivity contribution in [3.63, 3.8) is 0 Å². The molecule has 1 atom stereocenters. The van der Waals surface area contributed by atoms with Crippen LogP contribution in [0, 0.1) is 6.92 Å². The molecule has 1 amide bonds. The van der Waals surface area contributed by atoms with Crippen molar-refractivity contribution in [3.05, 3.63) is 33.8 Å².